The van der Waals surface area contributed by atoms with Gasteiger partial charge in [0.05, 0.1) is 18.4 Å². The summed E-state index contributed by atoms with van der Waals surface area (Å²) >= 11 is 0. The van der Waals surface area contributed by atoms with E-state index in [1.165, 1.54) is 28.3 Å². The number of carbonyl (C=O) groups is 1. The van der Waals surface area contributed by atoms with Crippen molar-refractivity contribution in [2.24, 2.45) is 0 Å². The van der Waals surface area contributed by atoms with Gasteiger partial charge in [-0.1, -0.05) is 29.8 Å². The molecular formula is C31H34FN9O. The van der Waals surface area contributed by atoms with Crippen molar-refractivity contribution in [2.45, 2.75) is 44.7 Å². The van der Waals surface area contributed by atoms with Crippen LogP contribution in [0.25, 0.3) is 22.6 Å². The zero-order valence-electron chi connectivity index (χ0n) is 23.8. The highest BCUT2D eigenvalue weighted by Gasteiger charge is 2.29. The summed E-state index contributed by atoms with van der Waals surface area (Å²) in [6, 6.07) is 9.71. The first kappa shape index (κ1) is 26.5. The molecule has 1 saturated heterocycles. The van der Waals surface area contributed by atoms with E-state index in [2.05, 4.69) is 56.9 Å². The molecule has 4 heterocycles. The predicted molar refractivity (Wildman–Crippen MR) is 158 cm³/mol. The number of nitrogens with one attached hydrogen (secondary N) is 2. The summed E-state index contributed by atoms with van der Waals surface area (Å²) in [5.41, 5.74) is 7.49. The van der Waals surface area contributed by atoms with Crippen LogP contribution in [-0.4, -0.2) is 79.7 Å². The number of rotatable bonds is 5. The Labute approximate surface area is 243 Å². The van der Waals surface area contributed by atoms with Crippen molar-refractivity contribution < 1.29 is 9.18 Å². The molecule has 7 rings (SSSR count). The summed E-state index contributed by atoms with van der Waals surface area (Å²) < 4.78 is 15.9. The van der Waals surface area contributed by atoms with Crippen LogP contribution in [0.15, 0.2) is 54.5 Å². The van der Waals surface area contributed by atoms with Crippen molar-refractivity contribution in [1.82, 2.24) is 39.7 Å². The van der Waals surface area contributed by atoms with Gasteiger partial charge in [-0.05, 0) is 62.4 Å². The molecule has 3 aliphatic rings. The lowest BCUT2D eigenvalue weighted by Crippen LogP contribution is -2.51. The van der Waals surface area contributed by atoms with Gasteiger partial charge >= 0.3 is 6.03 Å². The highest BCUT2D eigenvalue weighted by molar-refractivity contribution is 5.78. The average molecular weight is 568 g/mol. The summed E-state index contributed by atoms with van der Waals surface area (Å²) in [6.45, 7) is 4.98. The van der Waals surface area contributed by atoms with Gasteiger partial charge in [0.25, 0.3) is 0 Å². The second-order valence-corrected chi connectivity index (χ2v) is 11.6. The third-order valence-corrected chi connectivity index (χ3v) is 8.71. The Morgan fingerprint density at radius 3 is 2.76 bits per heavy atom. The lowest BCUT2D eigenvalue weighted by molar-refractivity contribution is 0.152. The number of hydrogen-bond donors (Lipinski definition) is 2. The number of pyridine rings is 1. The number of amides is 2. The zero-order chi connectivity index (χ0) is 28.8. The minimum absolute atomic E-state index is 0.111. The van der Waals surface area contributed by atoms with E-state index in [0.29, 0.717) is 36.1 Å². The number of piperazine rings is 1. The van der Waals surface area contributed by atoms with Crippen LogP contribution in [0.3, 0.4) is 0 Å². The van der Waals surface area contributed by atoms with Gasteiger partial charge in [-0.25, -0.2) is 14.2 Å². The molecule has 4 aromatic rings. The first-order valence-electron chi connectivity index (χ1n) is 14.6. The second kappa shape index (κ2) is 10.8. The molecule has 216 valence electrons. The highest BCUT2D eigenvalue weighted by atomic mass is 19.1. The van der Waals surface area contributed by atoms with E-state index in [0.717, 1.165) is 50.5 Å². The number of halogens is 1. The van der Waals surface area contributed by atoms with Gasteiger partial charge < -0.3 is 20.4 Å². The van der Waals surface area contributed by atoms with Gasteiger partial charge in [-0.15, -0.1) is 0 Å². The third-order valence-electron chi connectivity index (χ3n) is 8.71. The van der Waals surface area contributed by atoms with Gasteiger partial charge in [-0.3, -0.25) is 4.98 Å². The number of anilines is 1. The zero-order valence-corrected chi connectivity index (χ0v) is 23.8. The average Bonchev–Trinajstić information content (AvgIpc) is 3.59. The van der Waals surface area contributed by atoms with Crippen LogP contribution in [0.5, 0.6) is 0 Å². The first-order chi connectivity index (χ1) is 20.4. The standard InChI is InChI=1S/C31H34FN9O/c1-19(35-31(42)40-11-9-39(2)10-12-40)27-18-34-41-29(27)37-28(22-14-23(32)17-33-16-22)38-30(41)36-24-8-7-21-13-20-5-3-4-6-25(20)26(21)15-24/h3-6,14,16-19,24H,7-13,15H2,1-2H3,(H,35,42)(H,36,37,38)/t19-,24-/m1/s1. The van der Waals surface area contributed by atoms with Crippen LogP contribution in [0.1, 0.15) is 48.9 Å². The molecule has 11 heteroatoms. The lowest BCUT2D eigenvalue weighted by Gasteiger charge is -2.33. The van der Waals surface area contributed by atoms with Crippen molar-refractivity contribution in [3.8, 4) is 11.4 Å². The van der Waals surface area contributed by atoms with Gasteiger partial charge in [-0.2, -0.15) is 14.6 Å². The number of urea groups is 1. The molecule has 0 saturated carbocycles. The molecule has 1 aromatic carbocycles. The maximum absolute atomic E-state index is 14.2. The minimum Gasteiger partial charge on any atom is -0.351 e. The maximum atomic E-state index is 14.2. The summed E-state index contributed by atoms with van der Waals surface area (Å²) in [5.74, 6) is 0.417. The number of aromatic nitrogens is 5. The number of hydrogen-bond acceptors (Lipinski definition) is 7. The fourth-order valence-corrected chi connectivity index (χ4v) is 6.31. The Kier molecular flexibility index (Phi) is 6.81. The number of fused-ring (bicyclic) bond motifs is 3. The Hall–Kier alpha value is -4.38. The van der Waals surface area contributed by atoms with Gasteiger partial charge in [0.1, 0.15) is 5.82 Å². The number of likely N-dealkylation sites (N-methyl/N-ethyl adjacent to an activating group) is 1. The van der Waals surface area contributed by atoms with Crippen LogP contribution in [0, 0.1) is 5.82 Å². The fraction of sp³-hybridized carbons (Fsp3) is 0.387. The molecule has 0 unspecified atom stereocenters. The molecule has 0 radical (unpaired) electrons. The van der Waals surface area contributed by atoms with Gasteiger partial charge in [0, 0.05) is 49.5 Å². The molecule has 0 bridgehead atoms. The molecular weight excluding hydrogens is 533 g/mol. The van der Waals surface area contributed by atoms with Gasteiger partial charge in [0.15, 0.2) is 11.5 Å². The SMILES string of the molecule is C[C@@H](NC(=O)N1CCN(C)CC1)c1cnn2c(N[C@@H]3CCC4=C(C3)c3ccccc3C4)nc(-c3cncc(F)c3)nc12. The van der Waals surface area contributed by atoms with E-state index in [4.69, 9.17) is 9.97 Å². The molecule has 0 spiro atoms. The topological polar surface area (TPSA) is 104 Å². The largest absolute Gasteiger partial charge is 0.351 e. The Bertz CT molecular complexity index is 1690. The molecule has 2 atom stereocenters. The monoisotopic (exact) mass is 567 g/mol. The van der Waals surface area contributed by atoms with Gasteiger partial charge in [0.2, 0.25) is 5.95 Å². The Morgan fingerprint density at radius 1 is 1.10 bits per heavy atom. The van der Waals surface area contributed by atoms with Crippen LogP contribution in [0.2, 0.25) is 0 Å². The Balaban J connectivity index is 1.20. The van der Waals surface area contributed by atoms with Crippen molar-refractivity contribution in [3.63, 3.8) is 0 Å². The molecule has 10 nitrogen and oxygen atoms in total. The minimum atomic E-state index is -0.460. The molecule has 1 aliphatic heterocycles. The molecule has 1 fully saturated rings. The van der Waals surface area contributed by atoms with Crippen molar-refractivity contribution in [3.05, 3.63) is 77.0 Å². The van der Waals surface area contributed by atoms with E-state index >= 15 is 0 Å². The quantitative estimate of drug-likeness (QED) is 0.370. The van der Waals surface area contributed by atoms with Crippen LogP contribution in [0.4, 0.5) is 15.1 Å². The van der Waals surface area contributed by atoms with E-state index in [-0.39, 0.29) is 18.1 Å². The molecule has 3 aromatic heterocycles. The molecule has 2 amide bonds. The smallest absolute Gasteiger partial charge is 0.317 e. The lowest BCUT2D eigenvalue weighted by atomic mass is 9.88. The van der Waals surface area contributed by atoms with Crippen LogP contribution in [-0.2, 0) is 6.42 Å². The third kappa shape index (κ3) is 4.98. The fourth-order valence-electron chi connectivity index (χ4n) is 6.31. The molecule has 2 aliphatic carbocycles. The Morgan fingerprint density at radius 2 is 1.93 bits per heavy atom. The maximum Gasteiger partial charge on any atom is 0.317 e. The van der Waals surface area contributed by atoms with E-state index in [9.17, 15) is 9.18 Å². The van der Waals surface area contributed by atoms with Crippen LogP contribution >= 0.6 is 0 Å². The molecule has 2 N–H and O–H groups in total. The van der Waals surface area contributed by atoms with Crippen molar-refractivity contribution in [2.75, 3.05) is 38.5 Å². The normalized spacial score (nSPS) is 19.5. The summed E-state index contributed by atoms with van der Waals surface area (Å²) in [6.07, 6.45) is 8.37. The summed E-state index contributed by atoms with van der Waals surface area (Å²) in [5, 5.41) is 11.4. The number of nitrogens with zero attached hydrogens (tertiary/aromatic N) is 7. The number of allylic oxidation sites excluding steroid dienone is 1. The number of carbonyl (C=O) groups excluding carboxylic acids is 1. The highest BCUT2D eigenvalue weighted by Crippen LogP contribution is 2.42. The summed E-state index contributed by atoms with van der Waals surface area (Å²) in [7, 11) is 2.06. The van der Waals surface area contributed by atoms with Crippen molar-refractivity contribution >= 4 is 23.2 Å². The predicted octanol–water partition coefficient (Wildman–Crippen LogP) is 4.32. The summed E-state index contributed by atoms with van der Waals surface area (Å²) in [4.78, 5) is 30.7. The first-order valence-corrected chi connectivity index (χ1v) is 14.6. The van der Waals surface area contributed by atoms with E-state index < -0.39 is 5.82 Å². The van der Waals surface area contributed by atoms with Crippen LogP contribution < -0.4 is 10.6 Å². The number of benzene rings is 1. The molecule has 42 heavy (non-hydrogen) atoms. The van der Waals surface area contributed by atoms with E-state index in [1.54, 1.807) is 16.9 Å². The van der Waals surface area contributed by atoms with Crippen molar-refractivity contribution in [1.29, 1.82) is 0 Å². The second-order valence-electron chi connectivity index (χ2n) is 11.6. The van der Waals surface area contributed by atoms with E-state index in [1.807, 2.05) is 11.8 Å².